The van der Waals surface area contributed by atoms with Crippen molar-refractivity contribution in [1.82, 2.24) is 4.90 Å². The number of carbonyl (C=O) groups is 1. The molecule has 9 heteroatoms. The van der Waals surface area contributed by atoms with Crippen LogP contribution in [0.3, 0.4) is 0 Å². The van der Waals surface area contributed by atoms with Gasteiger partial charge in [-0.1, -0.05) is 0 Å². The number of anilines is 1. The number of amides is 1. The van der Waals surface area contributed by atoms with E-state index in [2.05, 4.69) is 4.72 Å². The fourth-order valence-corrected chi connectivity index (χ4v) is 4.32. The molecule has 1 aliphatic rings. The minimum Gasteiger partial charge on any atom is -0.457 e. The van der Waals surface area contributed by atoms with Crippen LogP contribution >= 0.6 is 0 Å². The maximum absolute atomic E-state index is 12.7. The van der Waals surface area contributed by atoms with Crippen LogP contribution in [-0.2, 0) is 14.8 Å². The van der Waals surface area contributed by atoms with Crippen molar-refractivity contribution in [3.63, 3.8) is 0 Å². The molecule has 1 saturated heterocycles. The van der Waals surface area contributed by atoms with E-state index in [0.717, 1.165) is 0 Å². The zero-order chi connectivity index (χ0) is 23.3. The first kappa shape index (κ1) is 22.3. The van der Waals surface area contributed by atoms with E-state index in [1.807, 2.05) is 6.07 Å². The van der Waals surface area contributed by atoms with Crippen molar-refractivity contribution >= 4 is 21.6 Å². The van der Waals surface area contributed by atoms with Crippen molar-refractivity contribution in [2.45, 2.75) is 4.90 Å². The average Bonchev–Trinajstić information content (AvgIpc) is 2.86. The number of rotatable bonds is 6. The summed E-state index contributed by atoms with van der Waals surface area (Å²) in [5, 5.41) is 8.85. The molecular weight excluding hydrogens is 442 g/mol. The number of hydrogen-bond acceptors (Lipinski definition) is 6. The Morgan fingerprint density at radius 2 is 1.48 bits per heavy atom. The highest BCUT2D eigenvalue weighted by Crippen LogP contribution is 2.25. The third kappa shape index (κ3) is 5.49. The van der Waals surface area contributed by atoms with Gasteiger partial charge in [-0.05, 0) is 72.8 Å². The second kappa shape index (κ2) is 9.73. The fourth-order valence-electron chi connectivity index (χ4n) is 3.26. The monoisotopic (exact) mass is 463 g/mol. The lowest BCUT2D eigenvalue weighted by molar-refractivity contribution is 0.0303. The molecule has 4 rings (SSSR count). The Balaban J connectivity index is 1.40. The Kier molecular flexibility index (Phi) is 6.58. The normalized spacial score (nSPS) is 13.7. The molecule has 1 amide bonds. The summed E-state index contributed by atoms with van der Waals surface area (Å²) in [5.74, 6) is 0.941. The Hall–Kier alpha value is -3.87. The molecule has 1 fully saturated rings. The zero-order valence-electron chi connectivity index (χ0n) is 17.6. The average molecular weight is 464 g/mol. The van der Waals surface area contributed by atoms with Gasteiger partial charge in [0.25, 0.3) is 15.9 Å². The Bertz CT molecular complexity index is 1260. The van der Waals surface area contributed by atoms with Gasteiger partial charge in [0.05, 0.1) is 29.7 Å². The van der Waals surface area contributed by atoms with Crippen LogP contribution in [0.15, 0.2) is 77.7 Å². The highest BCUT2D eigenvalue weighted by Gasteiger charge is 2.20. The molecule has 3 aromatic rings. The van der Waals surface area contributed by atoms with E-state index in [9.17, 15) is 13.2 Å². The largest absolute Gasteiger partial charge is 0.457 e. The van der Waals surface area contributed by atoms with Gasteiger partial charge in [0.1, 0.15) is 11.5 Å². The predicted molar refractivity (Wildman–Crippen MR) is 122 cm³/mol. The third-order valence-corrected chi connectivity index (χ3v) is 6.43. The second-order valence-corrected chi connectivity index (χ2v) is 8.98. The number of nitrogens with zero attached hydrogens (tertiary/aromatic N) is 2. The van der Waals surface area contributed by atoms with Crippen molar-refractivity contribution in [1.29, 1.82) is 5.26 Å². The van der Waals surface area contributed by atoms with Crippen LogP contribution in [0.5, 0.6) is 11.5 Å². The minimum atomic E-state index is -3.83. The minimum absolute atomic E-state index is 0.0546. The smallest absolute Gasteiger partial charge is 0.261 e. The molecule has 0 aromatic heterocycles. The van der Waals surface area contributed by atoms with Gasteiger partial charge in [-0.25, -0.2) is 8.42 Å². The van der Waals surface area contributed by atoms with E-state index in [1.54, 1.807) is 53.4 Å². The summed E-state index contributed by atoms with van der Waals surface area (Å²) in [5.41, 5.74) is 1.33. The maximum atomic E-state index is 12.7. The molecule has 0 unspecified atom stereocenters. The molecule has 0 spiro atoms. The molecule has 33 heavy (non-hydrogen) atoms. The Morgan fingerprint density at radius 1 is 0.909 bits per heavy atom. The maximum Gasteiger partial charge on any atom is 0.261 e. The van der Waals surface area contributed by atoms with Crippen molar-refractivity contribution in [3.8, 4) is 17.6 Å². The Morgan fingerprint density at radius 3 is 2.06 bits per heavy atom. The van der Waals surface area contributed by atoms with Gasteiger partial charge < -0.3 is 14.4 Å². The van der Waals surface area contributed by atoms with Crippen molar-refractivity contribution in [2.24, 2.45) is 0 Å². The first-order valence-corrected chi connectivity index (χ1v) is 11.7. The molecule has 0 saturated carbocycles. The number of sulfonamides is 1. The molecular formula is C24H21N3O5S. The van der Waals surface area contributed by atoms with Crippen LogP contribution < -0.4 is 9.46 Å². The summed E-state index contributed by atoms with van der Waals surface area (Å²) >= 11 is 0. The second-order valence-electron chi connectivity index (χ2n) is 7.30. The predicted octanol–water partition coefficient (Wildman–Crippen LogP) is 3.62. The molecule has 0 atom stereocenters. The molecule has 1 N–H and O–H groups in total. The van der Waals surface area contributed by atoms with E-state index in [1.165, 1.54) is 24.3 Å². The summed E-state index contributed by atoms with van der Waals surface area (Å²) in [6.45, 7) is 2.04. The number of nitriles is 1. The van der Waals surface area contributed by atoms with E-state index < -0.39 is 10.0 Å². The molecule has 3 aromatic carbocycles. The lowest BCUT2D eigenvalue weighted by atomic mass is 10.2. The van der Waals surface area contributed by atoms with Gasteiger partial charge in [0.2, 0.25) is 0 Å². The van der Waals surface area contributed by atoms with E-state index >= 15 is 0 Å². The third-order valence-electron chi connectivity index (χ3n) is 5.04. The SMILES string of the molecule is N#Cc1ccc(Oc2ccc(NS(=O)(=O)c3ccc(C(=O)N4CCOCC4)cc3)cc2)cc1. The molecule has 1 heterocycles. The quantitative estimate of drug-likeness (QED) is 0.598. The Labute approximate surface area is 192 Å². The van der Waals surface area contributed by atoms with E-state index in [0.29, 0.717) is 54.6 Å². The lowest BCUT2D eigenvalue weighted by Gasteiger charge is -2.26. The first-order chi connectivity index (χ1) is 15.9. The number of benzene rings is 3. The highest BCUT2D eigenvalue weighted by molar-refractivity contribution is 7.92. The van der Waals surface area contributed by atoms with Crippen LogP contribution in [-0.4, -0.2) is 45.5 Å². The number of carbonyl (C=O) groups excluding carboxylic acids is 1. The summed E-state index contributed by atoms with van der Waals surface area (Å²) in [6.07, 6.45) is 0. The van der Waals surface area contributed by atoms with E-state index in [-0.39, 0.29) is 10.8 Å². The fraction of sp³-hybridized carbons (Fsp3) is 0.167. The summed E-state index contributed by atoms with van der Waals surface area (Å²) in [6, 6.07) is 21.0. The number of nitrogens with one attached hydrogen (secondary N) is 1. The van der Waals surface area contributed by atoms with Gasteiger partial charge in [0.15, 0.2) is 0 Å². The first-order valence-electron chi connectivity index (χ1n) is 10.2. The van der Waals surface area contributed by atoms with Crippen LogP contribution in [0.1, 0.15) is 15.9 Å². The molecule has 1 aliphatic heterocycles. The standard InChI is InChI=1S/C24H21N3O5S/c25-17-18-1-7-21(8-2-18)32-22-9-5-20(6-10-22)26-33(29,30)23-11-3-19(4-12-23)24(28)27-13-15-31-16-14-27/h1-12,26H,13-16H2. The summed E-state index contributed by atoms with van der Waals surface area (Å²) in [4.78, 5) is 14.3. The number of ether oxygens (including phenoxy) is 2. The summed E-state index contributed by atoms with van der Waals surface area (Å²) < 4.78 is 39.0. The van der Waals surface area contributed by atoms with Crippen molar-refractivity contribution in [2.75, 3.05) is 31.0 Å². The van der Waals surface area contributed by atoms with Crippen LogP contribution in [0, 0.1) is 11.3 Å². The number of hydrogen-bond donors (Lipinski definition) is 1. The van der Waals surface area contributed by atoms with Gasteiger partial charge in [-0.2, -0.15) is 5.26 Å². The lowest BCUT2D eigenvalue weighted by Crippen LogP contribution is -2.40. The van der Waals surface area contributed by atoms with Crippen LogP contribution in [0.2, 0.25) is 0 Å². The van der Waals surface area contributed by atoms with Gasteiger partial charge in [0, 0.05) is 24.3 Å². The molecule has 0 aliphatic carbocycles. The molecule has 0 bridgehead atoms. The number of morpholine rings is 1. The molecule has 8 nitrogen and oxygen atoms in total. The van der Waals surface area contributed by atoms with Crippen molar-refractivity contribution < 1.29 is 22.7 Å². The zero-order valence-corrected chi connectivity index (χ0v) is 18.4. The van der Waals surface area contributed by atoms with Gasteiger partial charge in [-0.15, -0.1) is 0 Å². The molecule has 168 valence electrons. The van der Waals surface area contributed by atoms with Crippen LogP contribution in [0.4, 0.5) is 5.69 Å². The van der Waals surface area contributed by atoms with Crippen molar-refractivity contribution in [3.05, 3.63) is 83.9 Å². The van der Waals surface area contributed by atoms with Gasteiger partial charge >= 0.3 is 0 Å². The highest BCUT2D eigenvalue weighted by atomic mass is 32.2. The molecule has 0 radical (unpaired) electrons. The van der Waals surface area contributed by atoms with Gasteiger partial charge in [-0.3, -0.25) is 9.52 Å². The topological polar surface area (TPSA) is 109 Å². The van der Waals surface area contributed by atoms with E-state index in [4.69, 9.17) is 14.7 Å². The summed E-state index contributed by atoms with van der Waals surface area (Å²) in [7, 11) is -3.83. The van der Waals surface area contributed by atoms with Crippen LogP contribution in [0.25, 0.3) is 0 Å².